The van der Waals surface area contributed by atoms with E-state index in [0.717, 1.165) is 42.7 Å². The van der Waals surface area contributed by atoms with Crippen molar-refractivity contribution in [1.82, 2.24) is 5.32 Å². The number of rotatable bonds is 6. The second-order valence-corrected chi connectivity index (χ2v) is 11.1. The molecule has 6 heteroatoms. The lowest BCUT2D eigenvalue weighted by Gasteiger charge is -2.59. The first-order chi connectivity index (χ1) is 13.2. The van der Waals surface area contributed by atoms with E-state index in [1.165, 1.54) is 0 Å². The van der Waals surface area contributed by atoms with Crippen LogP contribution < -0.4 is 15.8 Å². The fourth-order valence-electron chi connectivity index (χ4n) is 5.87. The summed E-state index contributed by atoms with van der Waals surface area (Å²) in [5.41, 5.74) is 5.46. The van der Waals surface area contributed by atoms with E-state index >= 15 is 0 Å². The standard InChI is InChI=1S/C22H30N2O3S/c1-21(2,28-17-6-4-16(27-3)5-7-17)20(26)24-18-14-8-13-9-15(18)12-22(10-13,11-14)19(23)25/h4-7,13-15,18H,8-12H2,1-3H3,(H2,23,25)(H,24,26). The Bertz CT molecular complexity index is 760. The highest BCUT2D eigenvalue weighted by atomic mass is 32.2. The molecule has 152 valence electrons. The maximum Gasteiger partial charge on any atom is 0.236 e. The first-order valence-electron chi connectivity index (χ1n) is 10.2. The van der Waals surface area contributed by atoms with Crippen LogP contribution in [0.15, 0.2) is 29.2 Å². The first-order valence-corrected chi connectivity index (χ1v) is 11.0. The predicted molar refractivity (Wildman–Crippen MR) is 110 cm³/mol. The molecule has 2 atom stereocenters. The summed E-state index contributed by atoms with van der Waals surface area (Å²) in [5.74, 6) is 2.10. The largest absolute Gasteiger partial charge is 0.497 e. The average Bonchev–Trinajstić information content (AvgIpc) is 2.64. The summed E-state index contributed by atoms with van der Waals surface area (Å²) in [6.45, 7) is 3.94. The second-order valence-electron chi connectivity index (χ2n) is 9.40. The van der Waals surface area contributed by atoms with Crippen molar-refractivity contribution in [3.05, 3.63) is 24.3 Å². The van der Waals surface area contributed by atoms with Gasteiger partial charge in [-0.05, 0) is 88.0 Å². The van der Waals surface area contributed by atoms with Crippen molar-refractivity contribution in [2.45, 2.75) is 61.6 Å². The van der Waals surface area contributed by atoms with E-state index in [9.17, 15) is 9.59 Å². The molecule has 4 bridgehead atoms. The van der Waals surface area contributed by atoms with Crippen molar-refractivity contribution in [3.63, 3.8) is 0 Å². The van der Waals surface area contributed by atoms with Crippen LogP contribution in [0.25, 0.3) is 0 Å². The third-order valence-electron chi connectivity index (χ3n) is 7.07. The van der Waals surface area contributed by atoms with Crippen molar-refractivity contribution >= 4 is 23.6 Å². The summed E-state index contributed by atoms with van der Waals surface area (Å²) in [6, 6.07) is 7.97. The van der Waals surface area contributed by atoms with Crippen molar-refractivity contribution in [1.29, 1.82) is 0 Å². The minimum atomic E-state index is -0.579. The number of hydrogen-bond donors (Lipinski definition) is 2. The molecule has 0 aromatic heterocycles. The smallest absolute Gasteiger partial charge is 0.236 e. The maximum absolute atomic E-state index is 13.1. The summed E-state index contributed by atoms with van der Waals surface area (Å²) in [4.78, 5) is 26.3. The van der Waals surface area contributed by atoms with E-state index in [1.54, 1.807) is 18.9 Å². The number of carbonyl (C=O) groups is 2. The molecule has 2 unspecified atom stereocenters. The predicted octanol–water partition coefficient (Wildman–Crippen LogP) is 3.36. The molecule has 4 fully saturated rings. The molecule has 4 saturated carbocycles. The third kappa shape index (κ3) is 3.40. The Hall–Kier alpha value is -1.69. The van der Waals surface area contributed by atoms with Crippen LogP contribution in [-0.2, 0) is 9.59 Å². The van der Waals surface area contributed by atoms with Crippen molar-refractivity contribution in [3.8, 4) is 5.75 Å². The van der Waals surface area contributed by atoms with Gasteiger partial charge in [0.1, 0.15) is 5.75 Å². The van der Waals surface area contributed by atoms with Gasteiger partial charge in [0.25, 0.3) is 0 Å². The van der Waals surface area contributed by atoms with Gasteiger partial charge in [-0.2, -0.15) is 0 Å². The fourth-order valence-corrected chi connectivity index (χ4v) is 6.88. The average molecular weight is 403 g/mol. The highest BCUT2D eigenvalue weighted by Gasteiger charge is 2.58. The Kier molecular flexibility index (Phi) is 4.89. The minimum Gasteiger partial charge on any atom is -0.497 e. The number of thioether (sulfide) groups is 1. The molecular weight excluding hydrogens is 372 g/mol. The maximum atomic E-state index is 13.1. The lowest BCUT2D eigenvalue weighted by Crippen LogP contribution is -2.63. The number of nitrogens with two attached hydrogens (primary N) is 1. The highest BCUT2D eigenvalue weighted by molar-refractivity contribution is 8.01. The van der Waals surface area contributed by atoms with E-state index in [2.05, 4.69) is 5.32 Å². The molecule has 0 saturated heterocycles. The van der Waals surface area contributed by atoms with Crippen molar-refractivity contribution < 1.29 is 14.3 Å². The Morgan fingerprint density at radius 1 is 1.14 bits per heavy atom. The van der Waals surface area contributed by atoms with E-state index < -0.39 is 4.75 Å². The van der Waals surface area contributed by atoms with Gasteiger partial charge in [0.2, 0.25) is 11.8 Å². The summed E-state index contributed by atoms with van der Waals surface area (Å²) in [7, 11) is 1.65. The van der Waals surface area contributed by atoms with E-state index in [0.29, 0.717) is 17.8 Å². The third-order valence-corrected chi connectivity index (χ3v) is 8.28. The number of primary amides is 1. The summed E-state index contributed by atoms with van der Waals surface area (Å²) < 4.78 is 4.63. The molecule has 5 rings (SSSR count). The Labute approximate surface area is 171 Å². The second kappa shape index (κ2) is 6.97. The molecule has 0 aliphatic heterocycles. The Morgan fingerprint density at radius 2 is 1.75 bits per heavy atom. The van der Waals surface area contributed by atoms with Gasteiger partial charge < -0.3 is 15.8 Å². The van der Waals surface area contributed by atoms with Crippen LogP contribution in [0.1, 0.15) is 46.0 Å². The molecule has 1 aromatic rings. The van der Waals surface area contributed by atoms with Gasteiger partial charge in [0.05, 0.1) is 11.9 Å². The molecule has 5 nitrogen and oxygen atoms in total. The van der Waals surface area contributed by atoms with Gasteiger partial charge in [0.15, 0.2) is 0 Å². The van der Waals surface area contributed by atoms with Crippen LogP contribution in [0.3, 0.4) is 0 Å². The number of amides is 2. The van der Waals surface area contributed by atoms with Gasteiger partial charge in [-0.1, -0.05) is 0 Å². The van der Waals surface area contributed by atoms with Gasteiger partial charge in [-0.15, -0.1) is 11.8 Å². The SMILES string of the molecule is COc1ccc(SC(C)(C)C(=O)NC2C3CC4CC2CC(C(N)=O)(C4)C3)cc1. The fraction of sp³-hybridized carbons (Fsp3) is 0.636. The van der Waals surface area contributed by atoms with Gasteiger partial charge in [-0.25, -0.2) is 0 Å². The summed E-state index contributed by atoms with van der Waals surface area (Å²) in [6.07, 6.45) is 4.86. The lowest BCUT2D eigenvalue weighted by molar-refractivity contribution is -0.147. The number of carbonyl (C=O) groups excluding carboxylic acids is 2. The molecule has 4 aliphatic rings. The number of ether oxygens (including phenoxy) is 1. The zero-order valence-electron chi connectivity index (χ0n) is 16.9. The van der Waals surface area contributed by atoms with E-state index in [1.807, 2.05) is 38.1 Å². The lowest BCUT2D eigenvalue weighted by atomic mass is 9.47. The molecular formula is C22H30N2O3S. The van der Waals surface area contributed by atoms with Gasteiger partial charge in [0, 0.05) is 16.4 Å². The Morgan fingerprint density at radius 3 is 2.29 bits per heavy atom. The molecule has 4 aliphatic carbocycles. The van der Waals surface area contributed by atoms with Crippen LogP contribution in [0.5, 0.6) is 5.75 Å². The molecule has 3 N–H and O–H groups in total. The molecule has 1 aromatic carbocycles. The van der Waals surface area contributed by atoms with Crippen molar-refractivity contribution in [2.75, 3.05) is 7.11 Å². The molecule has 0 heterocycles. The number of benzene rings is 1. The van der Waals surface area contributed by atoms with Crippen LogP contribution in [0, 0.1) is 23.2 Å². The van der Waals surface area contributed by atoms with Crippen LogP contribution in [-0.4, -0.2) is 29.7 Å². The normalized spacial score (nSPS) is 33.5. The number of hydrogen-bond acceptors (Lipinski definition) is 4. The molecule has 0 radical (unpaired) electrons. The van der Waals surface area contributed by atoms with E-state index in [-0.39, 0.29) is 23.3 Å². The Balaban J connectivity index is 1.44. The zero-order valence-corrected chi connectivity index (χ0v) is 17.7. The first kappa shape index (κ1) is 19.6. The van der Waals surface area contributed by atoms with Crippen LogP contribution >= 0.6 is 11.8 Å². The summed E-state index contributed by atoms with van der Waals surface area (Å²) >= 11 is 1.56. The van der Waals surface area contributed by atoms with Crippen molar-refractivity contribution in [2.24, 2.45) is 28.9 Å². The molecule has 2 amide bonds. The number of methoxy groups -OCH3 is 1. The van der Waals surface area contributed by atoms with E-state index in [4.69, 9.17) is 10.5 Å². The highest BCUT2D eigenvalue weighted by Crippen LogP contribution is 2.60. The van der Waals surface area contributed by atoms with Crippen LogP contribution in [0.2, 0.25) is 0 Å². The topological polar surface area (TPSA) is 81.4 Å². The van der Waals surface area contributed by atoms with Gasteiger partial charge in [-0.3, -0.25) is 9.59 Å². The molecule has 0 spiro atoms. The zero-order chi connectivity index (χ0) is 20.1. The summed E-state index contributed by atoms with van der Waals surface area (Å²) in [5, 5.41) is 3.36. The van der Waals surface area contributed by atoms with Crippen LogP contribution in [0.4, 0.5) is 0 Å². The molecule has 28 heavy (non-hydrogen) atoms. The number of nitrogens with one attached hydrogen (secondary N) is 1. The monoisotopic (exact) mass is 402 g/mol. The van der Waals surface area contributed by atoms with Gasteiger partial charge >= 0.3 is 0 Å². The quantitative estimate of drug-likeness (QED) is 0.715. The minimum absolute atomic E-state index is 0.0684.